The van der Waals surface area contributed by atoms with E-state index in [0.717, 1.165) is 64.4 Å². The average molecular weight is 474 g/mol. The Bertz CT molecular complexity index is 568. The predicted octanol–water partition coefficient (Wildman–Crippen LogP) is 2.13. The van der Waals surface area contributed by atoms with Crippen molar-refractivity contribution in [2.45, 2.75) is 38.7 Å². The maximum Gasteiger partial charge on any atom is 0.225 e. The first-order valence-electron chi connectivity index (χ1n) is 9.19. The van der Waals surface area contributed by atoms with Crippen molar-refractivity contribution < 1.29 is 4.74 Å². The average Bonchev–Trinajstić information content (AvgIpc) is 2.68. The molecule has 26 heavy (non-hydrogen) atoms. The minimum atomic E-state index is 0. The van der Waals surface area contributed by atoms with Crippen LogP contribution in [-0.4, -0.2) is 66.8 Å². The fourth-order valence-corrected chi connectivity index (χ4v) is 3.64. The molecule has 0 aromatic carbocycles. The van der Waals surface area contributed by atoms with Gasteiger partial charge in [-0.2, -0.15) is 0 Å². The number of hydrogen-bond acceptors (Lipinski definition) is 5. The summed E-state index contributed by atoms with van der Waals surface area (Å²) in [5.41, 5.74) is 6.51. The van der Waals surface area contributed by atoms with E-state index >= 15 is 0 Å². The summed E-state index contributed by atoms with van der Waals surface area (Å²) in [5, 5.41) is 0. The Morgan fingerprint density at radius 2 is 1.85 bits per heavy atom. The summed E-state index contributed by atoms with van der Waals surface area (Å²) in [5.74, 6) is 1.46. The fourth-order valence-electron chi connectivity index (χ4n) is 3.64. The van der Waals surface area contributed by atoms with Gasteiger partial charge in [0.2, 0.25) is 5.95 Å². The monoisotopic (exact) mass is 474 g/mol. The van der Waals surface area contributed by atoms with E-state index in [4.69, 9.17) is 15.5 Å². The van der Waals surface area contributed by atoms with E-state index in [0.29, 0.717) is 12.1 Å². The molecule has 7 nitrogen and oxygen atoms in total. The van der Waals surface area contributed by atoms with E-state index in [2.05, 4.69) is 26.7 Å². The normalized spacial score (nSPS) is 27.2. The van der Waals surface area contributed by atoms with Crippen LogP contribution in [0.1, 0.15) is 32.6 Å². The van der Waals surface area contributed by atoms with Crippen LogP contribution in [0.15, 0.2) is 23.5 Å². The summed E-state index contributed by atoms with van der Waals surface area (Å²) < 4.78 is 5.47. The summed E-state index contributed by atoms with van der Waals surface area (Å²) in [4.78, 5) is 17.7. The molecule has 1 saturated carbocycles. The molecule has 0 unspecified atom stereocenters. The van der Waals surface area contributed by atoms with Crippen LogP contribution in [0.3, 0.4) is 0 Å². The second-order valence-corrected chi connectivity index (χ2v) is 7.44. The van der Waals surface area contributed by atoms with Crippen molar-refractivity contribution in [2.75, 3.05) is 44.7 Å². The molecule has 0 radical (unpaired) electrons. The lowest BCUT2D eigenvalue weighted by molar-refractivity contribution is 0.0352. The van der Waals surface area contributed by atoms with E-state index < -0.39 is 0 Å². The second kappa shape index (κ2) is 9.68. The Morgan fingerprint density at radius 1 is 1.23 bits per heavy atom. The van der Waals surface area contributed by atoms with Gasteiger partial charge < -0.3 is 20.3 Å². The highest BCUT2D eigenvalue weighted by Gasteiger charge is 2.31. The molecule has 1 aromatic heterocycles. The van der Waals surface area contributed by atoms with E-state index in [1.54, 1.807) is 12.4 Å². The minimum absolute atomic E-state index is 0. The number of aromatic nitrogens is 2. The number of methoxy groups -OCH3 is 1. The molecule has 2 fully saturated rings. The Hall–Kier alpha value is -1.16. The minimum Gasteiger partial charge on any atom is -0.381 e. The molecule has 0 spiro atoms. The van der Waals surface area contributed by atoms with Gasteiger partial charge in [0.25, 0.3) is 0 Å². The van der Waals surface area contributed by atoms with Crippen LogP contribution < -0.4 is 10.6 Å². The van der Waals surface area contributed by atoms with Gasteiger partial charge in [0.1, 0.15) is 0 Å². The molecule has 0 amide bonds. The smallest absolute Gasteiger partial charge is 0.225 e. The highest BCUT2D eigenvalue weighted by atomic mass is 127. The van der Waals surface area contributed by atoms with Gasteiger partial charge in [-0.3, -0.25) is 4.99 Å². The molecular formula is C18H31IN6O. The van der Waals surface area contributed by atoms with Crippen molar-refractivity contribution in [3.63, 3.8) is 0 Å². The Kier molecular flexibility index (Phi) is 7.87. The SMILES string of the molecule is COC1CCC(C)(CN=C(N)N2CCN(c3ncccn3)CC2)CC1.I. The highest BCUT2D eigenvalue weighted by Crippen LogP contribution is 2.37. The fraction of sp³-hybridized carbons (Fsp3) is 0.722. The number of hydrogen-bond donors (Lipinski definition) is 1. The van der Waals surface area contributed by atoms with E-state index in [1.165, 1.54) is 0 Å². The molecular weight excluding hydrogens is 443 g/mol. The summed E-state index contributed by atoms with van der Waals surface area (Å²) >= 11 is 0. The number of ether oxygens (including phenoxy) is 1. The van der Waals surface area contributed by atoms with Gasteiger partial charge in [0.05, 0.1) is 6.10 Å². The number of aliphatic imine (C=N–C) groups is 1. The number of nitrogens with zero attached hydrogens (tertiary/aromatic N) is 5. The standard InChI is InChI=1S/C18H30N6O.HI/c1-18(6-4-15(25-2)5-7-18)14-22-16(19)23-10-12-24(13-11-23)17-20-8-3-9-21-17;/h3,8-9,15H,4-7,10-14H2,1-2H3,(H2,19,22);1H. The van der Waals surface area contributed by atoms with Gasteiger partial charge in [0.15, 0.2) is 5.96 Å². The van der Waals surface area contributed by atoms with Crippen LogP contribution in [0.25, 0.3) is 0 Å². The van der Waals surface area contributed by atoms with Crippen LogP contribution in [0.5, 0.6) is 0 Å². The molecule has 1 aliphatic carbocycles. The van der Waals surface area contributed by atoms with Crippen molar-refractivity contribution in [3.05, 3.63) is 18.5 Å². The van der Waals surface area contributed by atoms with Crippen LogP contribution in [0.2, 0.25) is 0 Å². The van der Waals surface area contributed by atoms with Crippen molar-refractivity contribution in [1.82, 2.24) is 14.9 Å². The molecule has 8 heteroatoms. The van der Waals surface area contributed by atoms with Crippen LogP contribution >= 0.6 is 24.0 Å². The maximum atomic E-state index is 6.26. The lowest BCUT2D eigenvalue weighted by Crippen LogP contribution is -2.51. The van der Waals surface area contributed by atoms with Crippen molar-refractivity contribution >= 4 is 35.9 Å². The summed E-state index contributed by atoms with van der Waals surface area (Å²) in [7, 11) is 1.81. The lowest BCUT2D eigenvalue weighted by Gasteiger charge is -2.37. The van der Waals surface area contributed by atoms with Gasteiger partial charge in [0, 0.05) is 52.2 Å². The Morgan fingerprint density at radius 3 is 2.42 bits per heavy atom. The number of nitrogens with two attached hydrogens (primary N) is 1. The lowest BCUT2D eigenvalue weighted by atomic mass is 9.75. The van der Waals surface area contributed by atoms with Crippen LogP contribution in [0.4, 0.5) is 5.95 Å². The summed E-state index contributed by atoms with van der Waals surface area (Å²) in [6, 6.07) is 1.84. The molecule has 0 atom stereocenters. The zero-order valence-electron chi connectivity index (χ0n) is 15.8. The highest BCUT2D eigenvalue weighted by molar-refractivity contribution is 14.0. The number of piperazine rings is 1. The zero-order valence-corrected chi connectivity index (χ0v) is 18.1. The molecule has 1 aromatic rings. The van der Waals surface area contributed by atoms with Crippen LogP contribution in [-0.2, 0) is 4.74 Å². The topological polar surface area (TPSA) is 79.9 Å². The number of anilines is 1. The number of halogens is 1. The van der Waals surface area contributed by atoms with E-state index in [1.807, 2.05) is 13.2 Å². The number of rotatable bonds is 4. The van der Waals surface area contributed by atoms with Gasteiger partial charge in [-0.05, 0) is 37.2 Å². The Balaban J connectivity index is 0.00000243. The Labute approximate surface area is 173 Å². The van der Waals surface area contributed by atoms with Gasteiger partial charge in [-0.25, -0.2) is 9.97 Å². The van der Waals surface area contributed by atoms with Crippen molar-refractivity contribution in [1.29, 1.82) is 0 Å². The molecule has 146 valence electrons. The first kappa shape index (κ1) is 21.1. The zero-order chi connectivity index (χ0) is 17.7. The number of guanidine groups is 1. The molecule has 1 saturated heterocycles. The van der Waals surface area contributed by atoms with E-state index in [-0.39, 0.29) is 29.4 Å². The van der Waals surface area contributed by atoms with Gasteiger partial charge in [-0.15, -0.1) is 24.0 Å². The third kappa shape index (κ3) is 5.42. The third-order valence-electron chi connectivity index (χ3n) is 5.53. The van der Waals surface area contributed by atoms with Crippen molar-refractivity contribution in [2.24, 2.45) is 16.1 Å². The quantitative estimate of drug-likeness (QED) is 0.409. The van der Waals surface area contributed by atoms with Gasteiger partial charge in [-0.1, -0.05) is 6.92 Å². The summed E-state index contributed by atoms with van der Waals surface area (Å²) in [6.07, 6.45) is 8.54. The maximum absolute atomic E-state index is 6.26. The first-order chi connectivity index (χ1) is 12.1. The first-order valence-corrected chi connectivity index (χ1v) is 9.19. The van der Waals surface area contributed by atoms with Crippen molar-refractivity contribution in [3.8, 4) is 0 Å². The molecule has 2 N–H and O–H groups in total. The summed E-state index contributed by atoms with van der Waals surface area (Å²) in [6.45, 7) is 6.57. The predicted molar refractivity (Wildman–Crippen MR) is 115 cm³/mol. The molecule has 3 rings (SSSR count). The molecule has 0 bridgehead atoms. The van der Waals surface area contributed by atoms with Crippen LogP contribution in [0, 0.1) is 5.41 Å². The second-order valence-electron chi connectivity index (χ2n) is 7.44. The van der Waals surface area contributed by atoms with E-state index in [9.17, 15) is 0 Å². The van der Waals surface area contributed by atoms with Gasteiger partial charge >= 0.3 is 0 Å². The molecule has 2 aliphatic rings. The largest absolute Gasteiger partial charge is 0.381 e. The third-order valence-corrected chi connectivity index (χ3v) is 5.53. The molecule has 2 heterocycles. The molecule has 1 aliphatic heterocycles.